The second kappa shape index (κ2) is 5.34. The Morgan fingerprint density at radius 1 is 1.24 bits per heavy atom. The summed E-state index contributed by atoms with van der Waals surface area (Å²) >= 11 is 0. The molecule has 0 aliphatic carbocycles. The molecule has 0 spiro atoms. The van der Waals surface area contributed by atoms with Gasteiger partial charge in [0.1, 0.15) is 5.75 Å². The standard InChI is InChI=1S/C14H16N2O/c1-3-15-12-7-8-16-14(10-12)11-5-4-6-13(9-11)17-2/h4-10H,3H2,1-2H3,(H,15,16). The molecule has 0 aliphatic rings. The Morgan fingerprint density at radius 3 is 2.88 bits per heavy atom. The number of benzene rings is 1. The lowest BCUT2D eigenvalue weighted by molar-refractivity contribution is 0.415. The van der Waals surface area contributed by atoms with E-state index in [4.69, 9.17) is 4.74 Å². The molecule has 0 saturated heterocycles. The van der Waals surface area contributed by atoms with Crippen LogP contribution in [0.5, 0.6) is 5.75 Å². The van der Waals surface area contributed by atoms with E-state index in [0.29, 0.717) is 0 Å². The molecule has 2 rings (SSSR count). The summed E-state index contributed by atoms with van der Waals surface area (Å²) < 4.78 is 5.21. The molecule has 0 radical (unpaired) electrons. The second-order valence-corrected chi connectivity index (χ2v) is 3.69. The average Bonchev–Trinajstić information content (AvgIpc) is 2.40. The monoisotopic (exact) mass is 228 g/mol. The summed E-state index contributed by atoms with van der Waals surface area (Å²) in [4.78, 5) is 4.37. The first kappa shape index (κ1) is 11.5. The van der Waals surface area contributed by atoms with E-state index in [9.17, 15) is 0 Å². The van der Waals surface area contributed by atoms with Crippen molar-refractivity contribution in [1.29, 1.82) is 0 Å². The van der Waals surface area contributed by atoms with E-state index in [2.05, 4.69) is 17.2 Å². The minimum atomic E-state index is 0.846. The maximum atomic E-state index is 5.21. The number of pyridine rings is 1. The molecule has 2 aromatic rings. The summed E-state index contributed by atoms with van der Waals surface area (Å²) in [5, 5.41) is 3.28. The van der Waals surface area contributed by atoms with Gasteiger partial charge >= 0.3 is 0 Å². The van der Waals surface area contributed by atoms with E-state index >= 15 is 0 Å². The molecule has 88 valence electrons. The van der Waals surface area contributed by atoms with Crippen molar-refractivity contribution in [2.45, 2.75) is 6.92 Å². The molecule has 0 amide bonds. The normalized spacial score (nSPS) is 10.0. The molecule has 17 heavy (non-hydrogen) atoms. The third kappa shape index (κ3) is 2.75. The van der Waals surface area contributed by atoms with E-state index < -0.39 is 0 Å². The van der Waals surface area contributed by atoms with Gasteiger partial charge in [-0.25, -0.2) is 0 Å². The van der Waals surface area contributed by atoms with Crippen molar-refractivity contribution >= 4 is 5.69 Å². The lowest BCUT2D eigenvalue weighted by Gasteiger charge is -2.07. The van der Waals surface area contributed by atoms with E-state index in [1.807, 2.05) is 42.6 Å². The predicted octanol–water partition coefficient (Wildman–Crippen LogP) is 3.19. The van der Waals surface area contributed by atoms with Crippen molar-refractivity contribution in [2.75, 3.05) is 19.0 Å². The van der Waals surface area contributed by atoms with E-state index in [1.165, 1.54) is 0 Å². The van der Waals surface area contributed by atoms with Crippen molar-refractivity contribution in [2.24, 2.45) is 0 Å². The molecule has 0 saturated carbocycles. The molecular weight excluding hydrogens is 212 g/mol. The van der Waals surface area contributed by atoms with Crippen LogP contribution in [0.15, 0.2) is 42.6 Å². The number of rotatable bonds is 4. The van der Waals surface area contributed by atoms with Gasteiger partial charge < -0.3 is 10.1 Å². The number of nitrogens with one attached hydrogen (secondary N) is 1. The highest BCUT2D eigenvalue weighted by Gasteiger charge is 2.01. The van der Waals surface area contributed by atoms with Crippen LogP contribution in [0.2, 0.25) is 0 Å². The van der Waals surface area contributed by atoms with Gasteiger partial charge in [0.2, 0.25) is 0 Å². The molecule has 3 nitrogen and oxygen atoms in total. The third-order valence-electron chi connectivity index (χ3n) is 2.51. The van der Waals surface area contributed by atoms with Crippen molar-refractivity contribution in [3.63, 3.8) is 0 Å². The van der Waals surface area contributed by atoms with Gasteiger partial charge in [0.15, 0.2) is 0 Å². The van der Waals surface area contributed by atoms with Crippen LogP contribution in [0.1, 0.15) is 6.92 Å². The Hall–Kier alpha value is -2.03. The van der Waals surface area contributed by atoms with Gasteiger partial charge in [0, 0.05) is 24.0 Å². The Morgan fingerprint density at radius 2 is 2.12 bits per heavy atom. The first-order chi connectivity index (χ1) is 8.33. The Balaban J connectivity index is 2.34. The zero-order valence-electron chi connectivity index (χ0n) is 10.1. The van der Waals surface area contributed by atoms with Gasteiger partial charge in [-0.15, -0.1) is 0 Å². The van der Waals surface area contributed by atoms with E-state index in [0.717, 1.165) is 29.2 Å². The van der Waals surface area contributed by atoms with Gasteiger partial charge in [-0.05, 0) is 31.2 Å². The lowest BCUT2D eigenvalue weighted by atomic mass is 10.1. The maximum absolute atomic E-state index is 5.21. The number of methoxy groups -OCH3 is 1. The molecule has 0 aliphatic heterocycles. The first-order valence-corrected chi connectivity index (χ1v) is 5.68. The Kier molecular flexibility index (Phi) is 3.60. The molecule has 0 unspecified atom stereocenters. The van der Waals surface area contributed by atoms with Crippen molar-refractivity contribution in [1.82, 2.24) is 4.98 Å². The van der Waals surface area contributed by atoms with Crippen LogP contribution in [0.4, 0.5) is 5.69 Å². The Bertz CT molecular complexity index is 497. The molecule has 1 heterocycles. The minimum Gasteiger partial charge on any atom is -0.497 e. The average molecular weight is 228 g/mol. The Labute approximate surface area is 101 Å². The largest absolute Gasteiger partial charge is 0.497 e. The molecule has 1 N–H and O–H groups in total. The zero-order valence-corrected chi connectivity index (χ0v) is 10.1. The van der Waals surface area contributed by atoms with Gasteiger partial charge in [-0.2, -0.15) is 0 Å². The molecule has 0 atom stereocenters. The predicted molar refractivity (Wildman–Crippen MR) is 70.4 cm³/mol. The molecule has 0 fully saturated rings. The number of ether oxygens (including phenoxy) is 1. The number of anilines is 1. The van der Waals surface area contributed by atoms with Crippen molar-refractivity contribution < 1.29 is 4.74 Å². The SMILES string of the molecule is CCNc1ccnc(-c2cccc(OC)c2)c1. The second-order valence-electron chi connectivity index (χ2n) is 3.69. The number of hydrogen-bond donors (Lipinski definition) is 1. The van der Waals surface area contributed by atoms with Crippen LogP contribution < -0.4 is 10.1 Å². The van der Waals surface area contributed by atoms with Crippen LogP contribution in [-0.4, -0.2) is 18.6 Å². The quantitative estimate of drug-likeness (QED) is 0.872. The van der Waals surface area contributed by atoms with Crippen LogP contribution in [0.3, 0.4) is 0 Å². The highest BCUT2D eigenvalue weighted by atomic mass is 16.5. The number of nitrogens with zero attached hydrogens (tertiary/aromatic N) is 1. The summed E-state index contributed by atoms with van der Waals surface area (Å²) in [7, 11) is 1.67. The van der Waals surface area contributed by atoms with Crippen molar-refractivity contribution in [3.05, 3.63) is 42.6 Å². The number of aromatic nitrogens is 1. The zero-order chi connectivity index (χ0) is 12.1. The molecule has 1 aromatic carbocycles. The molecule has 0 bridgehead atoms. The minimum absolute atomic E-state index is 0.846. The fourth-order valence-electron chi connectivity index (χ4n) is 1.68. The molecule has 1 aromatic heterocycles. The summed E-state index contributed by atoms with van der Waals surface area (Å²) in [6.45, 7) is 2.98. The lowest BCUT2D eigenvalue weighted by Crippen LogP contribution is -1.97. The van der Waals surface area contributed by atoms with Crippen LogP contribution in [0, 0.1) is 0 Å². The smallest absolute Gasteiger partial charge is 0.119 e. The third-order valence-corrected chi connectivity index (χ3v) is 2.51. The summed E-state index contributed by atoms with van der Waals surface area (Å²) in [6, 6.07) is 11.9. The number of hydrogen-bond acceptors (Lipinski definition) is 3. The van der Waals surface area contributed by atoms with Crippen LogP contribution >= 0.6 is 0 Å². The highest BCUT2D eigenvalue weighted by Crippen LogP contribution is 2.23. The maximum Gasteiger partial charge on any atom is 0.119 e. The van der Waals surface area contributed by atoms with Gasteiger partial charge in [-0.3, -0.25) is 4.98 Å². The summed E-state index contributed by atoms with van der Waals surface area (Å²) in [5.41, 5.74) is 3.09. The topological polar surface area (TPSA) is 34.2 Å². The summed E-state index contributed by atoms with van der Waals surface area (Å²) in [5.74, 6) is 0.846. The molecule has 3 heteroatoms. The van der Waals surface area contributed by atoms with E-state index in [-0.39, 0.29) is 0 Å². The first-order valence-electron chi connectivity index (χ1n) is 5.68. The fourth-order valence-corrected chi connectivity index (χ4v) is 1.68. The van der Waals surface area contributed by atoms with E-state index in [1.54, 1.807) is 7.11 Å². The summed E-state index contributed by atoms with van der Waals surface area (Å²) in [6.07, 6.45) is 1.81. The fraction of sp³-hybridized carbons (Fsp3) is 0.214. The highest BCUT2D eigenvalue weighted by molar-refractivity contribution is 5.65. The van der Waals surface area contributed by atoms with Gasteiger partial charge in [0.25, 0.3) is 0 Å². The van der Waals surface area contributed by atoms with Crippen molar-refractivity contribution in [3.8, 4) is 17.0 Å². The van der Waals surface area contributed by atoms with Gasteiger partial charge in [0.05, 0.1) is 12.8 Å². The molecular formula is C14H16N2O. The van der Waals surface area contributed by atoms with Crippen LogP contribution in [0.25, 0.3) is 11.3 Å². The van der Waals surface area contributed by atoms with Gasteiger partial charge in [-0.1, -0.05) is 12.1 Å². The van der Waals surface area contributed by atoms with Crippen LogP contribution in [-0.2, 0) is 0 Å².